The van der Waals surface area contributed by atoms with Crippen molar-refractivity contribution >= 4 is 23.1 Å². The minimum absolute atomic E-state index is 0.0225. The van der Waals surface area contributed by atoms with E-state index in [0.29, 0.717) is 16.9 Å². The highest BCUT2D eigenvalue weighted by Gasteiger charge is 2.40. The van der Waals surface area contributed by atoms with E-state index in [0.717, 1.165) is 11.3 Å². The molecular formula is C23H26N2O4. The number of hydrogen-bond acceptors (Lipinski definition) is 5. The first kappa shape index (κ1) is 20.6. The van der Waals surface area contributed by atoms with E-state index in [1.807, 2.05) is 57.2 Å². The minimum Gasteiger partial charge on any atom is -0.496 e. The summed E-state index contributed by atoms with van der Waals surface area (Å²) in [4.78, 5) is 27.6. The summed E-state index contributed by atoms with van der Waals surface area (Å²) in [6.45, 7) is 6.27. The van der Waals surface area contributed by atoms with Crippen LogP contribution in [0, 0.1) is 6.92 Å². The molecule has 0 spiro atoms. The Bertz CT molecular complexity index is 949. The van der Waals surface area contributed by atoms with E-state index >= 15 is 0 Å². The fourth-order valence-corrected chi connectivity index (χ4v) is 3.24. The summed E-state index contributed by atoms with van der Waals surface area (Å²) in [5.41, 5.74) is 2.92. The minimum atomic E-state index is -0.371. The molecule has 0 atom stereocenters. The molecule has 0 saturated heterocycles. The Labute approximate surface area is 171 Å². The molecule has 0 bridgehead atoms. The van der Waals surface area contributed by atoms with Gasteiger partial charge in [0, 0.05) is 11.3 Å². The first-order valence-corrected chi connectivity index (χ1v) is 9.61. The van der Waals surface area contributed by atoms with Crippen LogP contribution in [0.15, 0.2) is 54.2 Å². The SMILES string of the molecule is COc1ccccc1C1=C(Nc2cccc(C)c2)C(=O)N(CCOC(C)C)C1=O. The lowest BCUT2D eigenvalue weighted by atomic mass is 10.0. The van der Waals surface area contributed by atoms with Crippen LogP contribution in [-0.2, 0) is 14.3 Å². The van der Waals surface area contributed by atoms with Crippen molar-refractivity contribution in [3.05, 3.63) is 65.4 Å². The molecule has 1 aliphatic rings. The summed E-state index contributed by atoms with van der Waals surface area (Å²) in [7, 11) is 1.54. The van der Waals surface area contributed by atoms with Crippen molar-refractivity contribution in [1.82, 2.24) is 4.90 Å². The van der Waals surface area contributed by atoms with Gasteiger partial charge in [-0.2, -0.15) is 0 Å². The number of imide groups is 1. The molecule has 2 aromatic carbocycles. The number of hydrogen-bond donors (Lipinski definition) is 1. The normalized spacial score (nSPS) is 14.2. The van der Waals surface area contributed by atoms with Gasteiger partial charge in [0.25, 0.3) is 11.8 Å². The summed E-state index contributed by atoms with van der Waals surface area (Å²) >= 11 is 0. The molecule has 1 heterocycles. The van der Waals surface area contributed by atoms with Gasteiger partial charge in [0.1, 0.15) is 11.4 Å². The fraction of sp³-hybridized carbons (Fsp3) is 0.304. The number of amides is 2. The second-order valence-electron chi connectivity index (χ2n) is 7.13. The Kier molecular flexibility index (Phi) is 6.34. The summed E-state index contributed by atoms with van der Waals surface area (Å²) in [5, 5.41) is 3.16. The number of carbonyl (C=O) groups excluding carboxylic acids is 2. The first-order valence-electron chi connectivity index (χ1n) is 9.61. The predicted octanol–water partition coefficient (Wildman–Crippen LogP) is 3.62. The average molecular weight is 394 g/mol. The van der Waals surface area contributed by atoms with Gasteiger partial charge in [-0.15, -0.1) is 0 Å². The van der Waals surface area contributed by atoms with Crippen molar-refractivity contribution in [2.24, 2.45) is 0 Å². The van der Waals surface area contributed by atoms with E-state index in [4.69, 9.17) is 9.47 Å². The van der Waals surface area contributed by atoms with Crippen molar-refractivity contribution in [3.8, 4) is 5.75 Å². The number of nitrogens with one attached hydrogen (secondary N) is 1. The van der Waals surface area contributed by atoms with E-state index in [2.05, 4.69) is 5.32 Å². The van der Waals surface area contributed by atoms with Crippen molar-refractivity contribution in [1.29, 1.82) is 0 Å². The average Bonchev–Trinajstić information content (AvgIpc) is 2.92. The van der Waals surface area contributed by atoms with Gasteiger partial charge in [0.15, 0.2) is 0 Å². The molecule has 0 fully saturated rings. The third kappa shape index (κ3) is 4.49. The van der Waals surface area contributed by atoms with Crippen LogP contribution >= 0.6 is 0 Å². The van der Waals surface area contributed by atoms with Crippen LogP contribution < -0.4 is 10.1 Å². The van der Waals surface area contributed by atoms with Crippen LogP contribution in [0.2, 0.25) is 0 Å². The largest absolute Gasteiger partial charge is 0.496 e. The molecule has 0 radical (unpaired) electrons. The zero-order valence-corrected chi connectivity index (χ0v) is 17.2. The van der Waals surface area contributed by atoms with E-state index in [1.54, 1.807) is 19.2 Å². The molecule has 0 aliphatic carbocycles. The number of anilines is 1. The predicted molar refractivity (Wildman–Crippen MR) is 113 cm³/mol. The molecule has 152 valence electrons. The molecule has 1 aliphatic heterocycles. The van der Waals surface area contributed by atoms with Crippen LogP contribution in [0.25, 0.3) is 5.57 Å². The Hall–Kier alpha value is -3.12. The Morgan fingerprint density at radius 2 is 1.79 bits per heavy atom. The van der Waals surface area contributed by atoms with Gasteiger partial charge >= 0.3 is 0 Å². The number of rotatable bonds is 8. The Morgan fingerprint density at radius 1 is 1.03 bits per heavy atom. The summed E-state index contributed by atoms with van der Waals surface area (Å²) in [5.74, 6) is -0.195. The van der Waals surface area contributed by atoms with Crippen molar-refractivity contribution in [3.63, 3.8) is 0 Å². The second-order valence-corrected chi connectivity index (χ2v) is 7.13. The zero-order chi connectivity index (χ0) is 21.0. The lowest BCUT2D eigenvalue weighted by molar-refractivity contribution is -0.137. The maximum atomic E-state index is 13.2. The maximum Gasteiger partial charge on any atom is 0.278 e. The third-order valence-electron chi connectivity index (χ3n) is 4.60. The summed E-state index contributed by atoms with van der Waals surface area (Å²) in [6.07, 6.45) is 0.0225. The van der Waals surface area contributed by atoms with Gasteiger partial charge in [0.2, 0.25) is 0 Å². The molecule has 0 unspecified atom stereocenters. The van der Waals surface area contributed by atoms with Crippen LogP contribution in [0.4, 0.5) is 5.69 Å². The zero-order valence-electron chi connectivity index (χ0n) is 17.2. The van der Waals surface area contributed by atoms with Gasteiger partial charge < -0.3 is 14.8 Å². The quantitative estimate of drug-likeness (QED) is 0.693. The number of nitrogens with zero attached hydrogens (tertiary/aromatic N) is 1. The fourth-order valence-electron chi connectivity index (χ4n) is 3.24. The molecule has 1 N–H and O–H groups in total. The van der Waals surface area contributed by atoms with Crippen LogP contribution in [0.3, 0.4) is 0 Å². The highest BCUT2D eigenvalue weighted by molar-refractivity contribution is 6.37. The van der Waals surface area contributed by atoms with Crippen molar-refractivity contribution in [2.45, 2.75) is 26.9 Å². The molecular weight excluding hydrogens is 368 g/mol. The summed E-state index contributed by atoms with van der Waals surface area (Å²) in [6, 6.07) is 14.9. The number of carbonyl (C=O) groups is 2. The third-order valence-corrected chi connectivity index (χ3v) is 4.60. The number of benzene rings is 2. The van der Waals surface area contributed by atoms with E-state index in [1.165, 1.54) is 4.90 Å². The van der Waals surface area contributed by atoms with Gasteiger partial charge in [-0.1, -0.05) is 30.3 Å². The van der Waals surface area contributed by atoms with Crippen molar-refractivity contribution in [2.75, 3.05) is 25.6 Å². The molecule has 2 aromatic rings. The molecule has 6 heteroatoms. The monoisotopic (exact) mass is 394 g/mol. The number of aryl methyl sites for hydroxylation is 1. The molecule has 0 aromatic heterocycles. The molecule has 3 rings (SSSR count). The smallest absolute Gasteiger partial charge is 0.278 e. The number of methoxy groups -OCH3 is 1. The standard InChI is InChI=1S/C23H26N2O4/c1-15(2)29-13-12-25-22(26)20(18-10-5-6-11-19(18)28-4)21(23(25)27)24-17-9-7-8-16(3)14-17/h5-11,14-15,24H,12-13H2,1-4H3. The van der Waals surface area contributed by atoms with Gasteiger partial charge in [-0.3, -0.25) is 14.5 Å². The highest BCUT2D eigenvalue weighted by atomic mass is 16.5. The lowest BCUT2D eigenvalue weighted by Gasteiger charge is -2.16. The van der Waals surface area contributed by atoms with E-state index < -0.39 is 0 Å². The first-order chi connectivity index (χ1) is 13.9. The number of ether oxygens (including phenoxy) is 2. The van der Waals surface area contributed by atoms with E-state index in [9.17, 15) is 9.59 Å². The van der Waals surface area contributed by atoms with Crippen molar-refractivity contribution < 1.29 is 19.1 Å². The number of para-hydroxylation sites is 1. The molecule has 29 heavy (non-hydrogen) atoms. The van der Waals surface area contributed by atoms with Crippen LogP contribution in [0.5, 0.6) is 5.75 Å². The van der Waals surface area contributed by atoms with Gasteiger partial charge in [-0.25, -0.2) is 0 Å². The highest BCUT2D eigenvalue weighted by Crippen LogP contribution is 2.35. The van der Waals surface area contributed by atoms with Crippen LogP contribution in [-0.4, -0.2) is 43.1 Å². The topological polar surface area (TPSA) is 67.9 Å². The Balaban J connectivity index is 2.01. The maximum absolute atomic E-state index is 13.2. The lowest BCUT2D eigenvalue weighted by Crippen LogP contribution is -2.35. The van der Waals surface area contributed by atoms with Gasteiger partial charge in [0.05, 0.1) is 31.9 Å². The van der Waals surface area contributed by atoms with Gasteiger partial charge in [-0.05, 0) is 44.5 Å². The molecule has 6 nitrogen and oxygen atoms in total. The second kappa shape index (κ2) is 8.92. The van der Waals surface area contributed by atoms with Crippen LogP contribution in [0.1, 0.15) is 25.0 Å². The summed E-state index contributed by atoms with van der Waals surface area (Å²) < 4.78 is 11.0. The molecule has 0 saturated carbocycles. The van der Waals surface area contributed by atoms with E-state index in [-0.39, 0.29) is 36.8 Å². The Morgan fingerprint density at radius 3 is 2.48 bits per heavy atom. The molecule has 2 amide bonds.